The van der Waals surface area contributed by atoms with Crippen LogP contribution in [0.25, 0.3) is 0 Å². The average molecular weight is 324 g/mol. The van der Waals surface area contributed by atoms with Gasteiger partial charge in [0, 0.05) is 29.3 Å². The lowest BCUT2D eigenvalue weighted by atomic mass is 10.1. The van der Waals surface area contributed by atoms with Crippen molar-refractivity contribution in [1.82, 2.24) is 5.32 Å². The molecular weight excluding hydrogens is 304 g/mol. The van der Waals surface area contributed by atoms with Gasteiger partial charge in [-0.2, -0.15) is 0 Å². The number of hydrogen-bond acceptors (Lipinski definition) is 3. The lowest BCUT2D eigenvalue weighted by Crippen LogP contribution is -2.30. The summed E-state index contributed by atoms with van der Waals surface area (Å²) in [5, 5.41) is 5.68. The monoisotopic (exact) mass is 324 g/mol. The molecule has 0 bridgehead atoms. The second kappa shape index (κ2) is 6.74. The van der Waals surface area contributed by atoms with Crippen LogP contribution in [-0.4, -0.2) is 24.5 Å². The molecule has 0 spiro atoms. The zero-order valence-corrected chi connectivity index (χ0v) is 13.8. The first-order valence-corrected chi connectivity index (χ1v) is 8.01. The number of ether oxygens (including phenoxy) is 1. The first-order chi connectivity index (χ1) is 11.5. The number of benzene rings is 2. The molecule has 2 aromatic carbocycles. The zero-order chi connectivity index (χ0) is 17.1. The molecule has 2 N–H and O–H groups in total. The zero-order valence-electron chi connectivity index (χ0n) is 13.8. The van der Waals surface area contributed by atoms with Gasteiger partial charge in [-0.25, -0.2) is 0 Å². The van der Waals surface area contributed by atoms with Crippen LogP contribution in [0.5, 0.6) is 5.75 Å². The Morgan fingerprint density at radius 3 is 2.42 bits per heavy atom. The molecule has 0 atom stereocenters. The molecule has 0 aliphatic carbocycles. The number of anilines is 1. The van der Waals surface area contributed by atoms with Crippen LogP contribution in [0.3, 0.4) is 0 Å². The summed E-state index contributed by atoms with van der Waals surface area (Å²) in [6, 6.07) is 12.4. The van der Waals surface area contributed by atoms with Gasteiger partial charge in [0.2, 0.25) is 0 Å². The molecule has 1 aliphatic rings. The highest BCUT2D eigenvalue weighted by Gasteiger charge is 2.15. The third-order valence-electron chi connectivity index (χ3n) is 3.78. The van der Waals surface area contributed by atoms with E-state index in [9.17, 15) is 9.59 Å². The summed E-state index contributed by atoms with van der Waals surface area (Å²) < 4.78 is 5.44. The fourth-order valence-corrected chi connectivity index (χ4v) is 2.58. The molecule has 2 aromatic rings. The highest BCUT2D eigenvalue weighted by molar-refractivity contribution is 6.04. The summed E-state index contributed by atoms with van der Waals surface area (Å²) in [6.45, 7) is 4.49. The fourth-order valence-electron chi connectivity index (χ4n) is 2.58. The largest absolute Gasteiger partial charge is 0.493 e. The number of nitrogens with one attached hydrogen (secondary N) is 2. The molecule has 0 unspecified atom stereocenters. The van der Waals surface area contributed by atoms with Crippen molar-refractivity contribution in [3.05, 3.63) is 59.2 Å². The minimum Gasteiger partial charge on any atom is -0.493 e. The van der Waals surface area contributed by atoms with Gasteiger partial charge in [-0.3, -0.25) is 9.59 Å². The minimum absolute atomic E-state index is 0.0840. The van der Waals surface area contributed by atoms with E-state index in [0.717, 1.165) is 17.7 Å². The number of fused-ring (bicyclic) bond motifs is 1. The number of carbonyl (C=O) groups excluding carboxylic acids is 2. The Morgan fingerprint density at radius 2 is 1.71 bits per heavy atom. The molecule has 0 saturated carbocycles. The lowest BCUT2D eigenvalue weighted by molar-refractivity contribution is 0.0942. The smallest absolute Gasteiger partial charge is 0.255 e. The van der Waals surface area contributed by atoms with Crippen LogP contribution < -0.4 is 15.4 Å². The summed E-state index contributed by atoms with van der Waals surface area (Å²) in [6.07, 6.45) is 0.829. The molecule has 2 amide bonds. The van der Waals surface area contributed by atoms with Gasteiger partial charge in [-0.15, -0.1) is 0 Å². The van der Waals surface area contributed by atoms with Crippen LogP contribution in [0, 0.1) is 0 Å². The van der Waals surface area contributed by atoms with Crippen LogP contribution >= 0.6 is 0 Å². The summed E-state index contributed by atoms with van der Waals surface area (Å²) >= 11 is 0. The predicted octanol–water partition coefficient (Wildman–Crippen LogP) is 3.01. The Morgan fingerprint density at radius 1 is 1.00 bits per heavy atom. The Hall–Kier alpha value is -2.82. The second-order valence-electron chi connectivity index (χ2n) is 6.08. The van der Waals surface area contributed by atoms with Crippen molar-refractivity contribution in [2.75, 3.05) is 11.9 Å². The first kappa shape index (κ1) is 16.1. The van der Waals surface area contributed by atoms with Gasteiger partial charge in [0.05, 0.1) is 6.61 Å². The topological polar surface area (TPSA) is 67.4 Å². The standard InChI is InChI=1S/C19H20N2O3/c1-12(2)20-18(22)13-3-6-16(7-4-13)21-19(23)15-5-8-17-14(11-15)9-10-24-17/h3-8,11-12H,9-10H2,1-2H3,(H,20,22)(H,21,23). The van der Waals surface area contributed by atoms with E-state index in [-0.39, 0.29) is 17.9 Å². The van der Waals surface area contributed by atoms with Crippen molar-refractivity contribution in [1.29, 1.82) is 0 Å². The molecule has 0 saturated heterocycles. The van der Waals surface area contributed by atoms with Crippen molar-refractivity contribution < 1.29 is 14.3 Å². The van der Waals surface area contributed by atoms with Gasteiger partial charge < -0.3 is 15.4 Å². The summed E-state index contributed by atoms with van der Waals surface area (Å²) in [5.41, 5.74) is 2.87. The molecule has 1 heterocycles. The Labute approximate surface area is 141 Å². The molecule has 0 radical (unpaired) electrons. The highest BCUT2D eigenvalue weighted by atomic mass is 16.5. The van der Waals surface area contributed by atoms with Crippen molar-refractivity contribution in [3.8, 4) is 5.75 Å². The fraction of sp³-hybridized carbons (Fsp3) is 0.263. The summed E-state index contributed by atoms with van der Waals surface area (Å²) in [5.74, 6) is 0.553. The van der Waals surface area contributed by atoms with Crippen LogP contribution in [0.2, 0.25) is 0 Å². The summed E-state index contributed by atoms with van der Waals surface area (Å²) in [4.78, 5) is 24.3. The maximum absolute atomic E-state index is 12.3. The molecule has 0 fully saturated rings. The second-order valence-corrected chi connectivity index (χ2v) is 6.08. The first-order valence-electron chi connectivity index (χ1n) is 8.01. The number of amides is 2. The number of carbonyl (C=O) groups is 2. The van der Waals surface area contributed by atoms with E-state index in [4.69, 9.17) is 4.74 Å². The van der Waals surface area contributed by atoms with E-state index in [1.54, 1.807) is 30.3 Å². The molecular formula is C19H20N2O3. The molecule has 3 rings (SSSR count). The van der Waals surface area contributed by atoms with Crippen LogP contribution in [0.15, 0.2) is 42.5 Å². The third-order valence-corrected chi connectivity index (χ3v) is 3.78. The van der Waals surface area contributed by atoms with E-state index >= 15 is 0 Å². The molecule has 0 aromatic heterocycles. The van der Waals surface area contributed by atoms with E-state index in [1.807, 2.05) is 26.0 Å². The van der Waals surface area contributed by atoms with Gasteiger partial charge in [0.15, 0.2) is 0 Å². The average Bonchev–Trinajstić information content (AvgIpc) is 3.02. The Bertz CT molecular complexity index is 767. The van der Waals surface area contributed by atoms with Crippen molar-refractivity contribution >= 4 is 17.5 Å². The van der Waals surface area contributed by atoms with Crippen molar-refractivity contribution in [2.45, 2.75) is 26.3 Å². The highest BCUT2D eigenvalue weighted by Crippen LogP contribution is 2.26. The third kappa shape index (κ3) is 3.56. The predicted molar refractivity (Wildman–Crippen MR) is 92.6 cm³/mol. The quantitative estimate of drug-likeness (QED) is 0.908. The number of hydrogen-bond donors (Lipinski definition) is 2. The lowest BCUT2D eigenvalue weighted by Gasteiger charge is -2.10. The number of rotatable bonds is 4. The maximum Gasteiger partial charge on any atom is 0.255 e. The van der Waals surface area contributed by atoms with Crippen LogP contribution in [0.4, 0.5) is 5.69 Å². The normalized spacial score (nSPS) is 12.5. The van der Waals surface area contributed by atoms with Crippen LogP contribution in [0.1, 0.15) is 40.1 Å². The minimum atomic E-state index is -0.177. The Balaban J connectivity index is 1.67. The van der Waals surface area contributed by atoms with Gasteiger partial charge in [-0.05, 0) is 61.9 Å². The van der Waals surface area contributed by atoms with E-state index in [2.05, 4.69) is 10.6 Å². The van der Waals surface area contributed by atoms with E-state index in [1.165, 1.54) is 0 Å². The van der Waals surface area contributed by atoms with Gasteiger partial charge in [0.1, 0.15) is 5.75 Å². The molecule has 1 aliphatic heterocycles. The van der Waals surface area contributed by atoms with Gasteiger partial charge in [0.25, 0.3) is 11.8 Å². The maximum atomic E-state index is 12.3. The molecule has 24 heavy (non-hydrogen) atoms. The van der Waals surface area contributed by atoms with Crippen LogP contribution in [-0.2, 0) is 6.42 Å². The van der Waals surface area contributed by atoms with Gasteiger partial charge >= 0.3 is 0 Å². The molecule has 5 heteroatoms. The summed E-state index contributed by atoms with van der Waals surface area (Å²) in [7, 11) is 0. The molecule has 124 valence electrons. The van der Waals surface area contributed by atoms with E-state index in [0.29, 0.717) is 23.4 Å². The van der Waals surface area contributed by atoms with Crippen molar-refractivity contribution in [3.63, 3.8) is 0 Å². The van der Waals surface area contributed by atoms with Gasteiger partial charge in [-0.1, -0.05) is 0 Å². The molecule has 5 nitrogen and oxygen atoms in total. The van der Waals surface area contributed by atoms with E-state index < -0.39 is 0 Å². The SMILES string of the molecule is CC(C)NC(=O)c1ccc(NC(=O)c2ccc3c(c2)CCO3)cc1. The Kier molecular flexibility index (Phi) is 4.51. The van der Waals surface area contributed by atoms with Crippen molar-refractivity contribution in [2.24, 2.45) is 0 Å².